The predicted molar refractivity (Wildman–Crippen MR) is 68.6 cm³/mol. The van der Waals surface area contributed by atoms with Crippen LogP contribution >= 0.6 is 11.3 Å². The zero-order chi connectivity index (χ0) is 11.5. The van der Waals surface area contributed by atoms with E-state index in [0.717, 1.165) is 16.3 Å². The summed E-state index contributed by atoms with van der Waals surface area (Å²) in [6, 6.07) is 9.82. The molecule has 0 radical (unpaired) electrons. The van der Waals surface area contributed by atoms with Crippen LogP contribution in [0.4, 0.5) is 0 Å². The number of rotatable bonds is 3. The van der Waals surface area contributed by atoms with Gasteiger partial charge in [-0.3, -0.25) is 0 Å². The van der Waals surface area contributed by atoms with Crippen LogP contribution in [0.3, 0.4) is 0 Å². The molecule has 0 atom stereocenters. The number of benzene rings is 1. The second-order valence-electron chi connectivity index (χ2n) is 3.77. The SMILES string of the molecule is Cc1nc(CC(=N)c2ccccc2)sc1C. The van der Waals surface area contributed by atoms with E-state index in [-0.39, 0.29) is 0 Å². The van der Waals surface area contributed by atoms with Crippen LogP contribution in [0.5, 0.6) is 0 Å². The Hall–Kier alpha value is -1.48. The molecule has 3 heteroatoms. The average Bonchev–Trinajstić information content (AvgIpc) is 2.59. The zero-order valence-electron chi connectivity index (χ0n) is 9.45. The molecule has 2 aromatic rings. The van der Waals surface area contributed by atoms with Crippen molar-refractivity contribution in [2.45, 2.75) is 20.3 Å². The molecule has 0 saturated heterocycles. The fourth-order valence-electron chi connectivity index (χ4n) is 1.51. The van der Waals surface area contributed by atoms with Gasteiger partial charge in [-0.15, -0.1) is 11.3 Å². The summed E-state index contributed by atoms with van der Waals surface area (Å²) in [5.74, 6) is 0. The van der Waals surface area contributed by atoms with Gasteiger partial charge in [-0.25, -0.2) is 4.98 Å². The van der Waals surface area contributed by atoms with Crippen molar-refractivity contribution in [3.8, 4) is 0 Å². The molecule has 0 amide bonds. The molecule has 0 spiro atoms. The van der Waals surface area contributed by atoms with Crippen molar-refractivity contribution in [3.05, 3.63) is 51.5 Å². The fourth-order valence-corrected chi connectivity index (χ4v) is 2.45. The number of aromatic nitrogens is 1. The minimum Gasteiger partial charge on any atom is -0.304 e. The Balaban J connectivity index is 2.14. The number of aryl methyl sites for hydroxylation is 2. The smallest absolute Gasteiger partial charge is 0.0990 e. The summed E-state index contributed by atoms with van der Waals surface area (Å²) >= 11 is 1.69. The van der Waals surface area contributed by atoms with Crippen LogP contribution in [0.1, 0.15) is 21.1 Å². The maximum absolute atomic E-state index is 8.01. The topological polar surface area (TPSA) is 36.7 Å². The average molecular weight is 230 g/mol. The Morgan fingerprint density at radius 1 is 1.25 bits per heavy atom. The van der Waals surface area contributed by atoms with Gasteiger partial charge in [-0.2, -0.15) is 0 Å². The fraction of sp³-hybridized carbons (Fsp3) is 0.231. The van der Waals surface area contributed by atoms with Gasteiger partial charge in [0.15, 0.2) is 0 Å². The van der Waals surface area contributed by atoms with Gasteiger partial charge in [-0.05, 0) is 19.4 Å². The van der Waals surface area contributed by atoms with E-state index in [2.05, 4.69) is 11.9 Å². The van der Waals surface area contributed by atoms with E-state index >= 15 is 0 Å². The molecule has 1 aromatic heterocycles. The van der Waals surface area contributed by atoms with Gasteiger partial charge in [0.25, 0.3) is 0 Å². The molecule has 1 aromatic carbocycles. The summed E-state index contributed by atoms with van der Waals surface area (Å²) in [4.78, 5) is 5.70. The molecule has 1 heterocycles. The van der Waals surface area contributed by atoms with E-state index in [9.17, 15) is 0 Å². The van der Waals surface area contributed by atoms with Crippen LogP contribution < -0.4 is 0 Å². The van der Waals surface area contributed by atoms with Gasteiger partial charge >= 0.3 is 0 Å². The lowest BCUT2D eigenvalue weighted by Crippen LogP contribution is -2.02. The Labute approximate surface area is 99.5 Å². The number of thiazole rings is 1. The lowest BCUT2D eigenvalue weighted by Gasteiger charge is -2.00. The standard InChI is InChI=1S/C13H14N2S/c1-9-10(2)16-13(15-9)8-12(14)11-6-4-3-5-7-11/h3-7,14H,8H2,1-2H3. The lowest BCUT2D eigenvalue weighted by atomic mass is 10.1. The molecule has 1 N–H and O–H groups in total. The van der Waals surface area contributed by atoms with Crippen molar-refractivity contribution < 1.29 is 0 Å². The quantitative estimate of drug-likeness (QED) is 0.806. The molecule has 0 aliphatic heterocycles. The molecule has 82 valence electrons. The van der Waals surface area contributed by atoms with Crippen molar-refractivity contribution in [1.82, 2.24) is 4.98 Å². The third-order valence-corrected chi connectivity index (χ3v) is 3.60. The molecule has 2 nitrogen and oxygen atoms in total. The van der Waals surface area contributed by atoms with E-state index in [4.69, 9.17) is 5.41 Å². The molecular formula is C13H14N2S. The van der Waals surface area contributed by atoms with Gasteiger partial charge in [0.2, 0.25) is 0 Å². The molecule has 0 saturated carbocycles. The molecule has 2 rings (SSSR count). The van der Waals surface area contributed by atoms with Crippen LogP contribution in [0.2, 0.25) is 0 Å². The Bertz CT molecular complexity index is 480. The first-order chi connectivity index (χ1) is 7.66. The van der Waals surface area contributed by atoms with Crippen LogP contribution in [-0.2, 0) is 6.42 Å². The van der Waals surface area contributed by atoms with Crippen LogP contribution in [-0.4, -0.2) is 10.7 Å². The Morgan fingerprint density at radius 3 is 2.50 bits per heavy atom. The van der Waals surface area contributed by atoms with Gasteiger partial charge in [-0.1, -0.05) is 30.3 Å². The second kappa shape index (κ2) is 4.58. The van der Waals surface area contributed by atoms with E-state index in [1.165, 1.54) is 4.88 Å². The highest BCUT2D eigenvalue weighted by molar-refractivity contribution is 7.11. The monoisotopic (exact) mass is 230 g/mol. The minimum absolute atomic E-state index is 0.628. The van der Waals surface area contributed by atoms with E-state index < -0.39 is 0 Å². The van der Waals surface area contributed by atoms with Crippen molar-refractivity contribution in [2.24, 2.45) is 0 Å². The largest absolute Gasteiger partial charge is 0.304 e. The minimum atomic E-state index is 0.628. The van der Waals surface area contributed by atoms with Gasteiger partial charge < -0.3 is 5.41 Å². The molecule has 0 bridgehead atoms. The number of nitrogens with one attached hydrogen (secondary N) is 1. The van der Waals surface area contributed by atoms with Crippen LogP contribution in [0.25, 0.3) is 0 Å². The molecule has 0 aliphatic carbocycles. The third-order valence-electron chi connectivity index (χ3n) is 2.52. The summed E-state index contributed by atoms with van der Waals surface area (Å²) in [6.07, 6.45) is 0.628. The molecule has 0 aliphatic rings. The van der Waals surface area contributed by atoms with E-state index in [1.54, 1.807) is 11.3 Å². The summed E-state index contributed by atoms with van der Waals surface area (Å²) < 4.78 is 0. The Morgan fingerprint density at radius 2 is 1.94 bits per heavy atom. The molecular weight excluding hydrogens is 216 g/mol. The number of hydrogen-bond acceptors (Lipinski definition) is 3. The summed E-state index contributed by atoms with van der Waals surface area (Å²) in [7, 11) is 0. The Kier molecular flexibility index (Phi) is 3.15. The van der Waals surface area contributed by atoms with Crippen LogP contribution in [0, 0.1) is 19.3 Å². The maximum atomic E-state index is 8.01. The zero-order valence-corrected chi connectivity index (χ0v) is 10.3. The van der Waals surface area contributed by atoms with Crippen LogP contribution in [0.15, 0.2) is 30.3 Å². The van der Waals surface area contributed by atoms with Crippen molar-refractivity contribution in [3.63, 3.8) is 0 Å². The van der Waals surface area contributed by atoms with E-state index in [1.807, 2.05) is 37.3 Å². The maximum Gasteiger partial charge on any atom is 0.0990 e. The normalized spacial score (nSPS) is 10.4. The number of hydrogen-bond donors (Lipinski definition) is 1. The predicted octanol–water partition coefficient (Wildman–Crippen LogP) is 3.37. The number of nitrogens with zero attached hydrogens (tertiary/aromatic N) is 1. The molecule has 0 fully saturated rings. The highest BCUT2D eigenvalue weighted by Gasteiger charge is 2.07. The highest BCUT2D eigenvalue weighted by Crippen LogP contribution is 2.18. The van der Waals surface area contributed by atoms with Gasteiger partial charge in [0, 0.05) is 17.0 Å². The summed E-state index contributed by atoms with van der Waals surface area (Å²) in [5, 5.41) is 9.04. The van der Waals surface area contributed by atoms with E-state index in [0.29, 0.717) is 12.1 Å². The van der Waals surface area contributed by atoms with Crippen molar-refractivity contribution in [1.29, 1.82) is 5.41 Å². The second-order valence-corrected chi connectivity index (χ2v) is 5.06. The molecule has 0 unspecified atom stereocenters. The molecule has 16 heavy (non-hydrogen) atoms. The first kappa shape index (κ1) is 11.0. The highest BCUT2D eigenvalue weighted by atomic mass is 32.1. The first-order valence-electron chi connectivity index (χ1n) is 5.22. The third kappa shape index (κ3) is 2.36. The first-order valence-corrected chi connectivity index (χ1v) is 6.04. The van der Waals surface area contributed by atoms with Crippen molar-refractivity contribution in [2.75, 3.05) is 0 Å². The van der Waals surface area contributed by atoms with Gasteiger partial charge in [0.05, 0.1) is 10.7 Å². The summed E-state index contributed by atoms with van der Waals surface area (Å²) in [6.45, 7) is 4.09. The summed E-state index contributed by atoms with van der Waals surface area (Å²) in [5.41, 5.74) is 2.70. The van der Waals surface area contributed by atoms with Crippen molar-refractivity contribution >= 4 is 17.0 Å². The lowest BCUT2D eigenvalue weighted by molar-refractivity contribution is 1.14. The van der Waals surface area contributed by atoms with Gasteiger partial charge in [0.1, 0.15) is 0 Å².